The van der Waals surface area contributed by atoms with E-state index in [0.29, 0.717) is 6.42 Å². The Morgan fingerprint density at radius 2 is 1.58 bits per heavy atom. The summed E-state index contributed by atoms with van der Waals surface area (Å²) in [6.45, 7) is 4.18. The molecular formula is C21H34N2O2S. The summed E-state index contributed by atoms with van der Waals surface area (Å²) in [6.07, 6.45) is 7.28. The van der Waals surface area contributed by atoms with Gasteiger partial charge in [0.15, 0.2) is 0 Å². The van der Waals surface area contributed by atoms with Crippen LogP contribution in [-0.2, 0) is 9.59 Å². The number of benzene rings is 1. The van der Waals surface area contributed by atoms with Crippen molar-refractivity contribution in [1.29, 1.82) is 0 Å². The van der Waals surface area contributed by atoms with Gasteiger partial charge in [0.1, 0.15) is 6.04 Å². The number of rotatable bonds is 13. The highest BCUT2D eigenvalue weighted by Crippen LogP contribution is 2.16. The van der Waals surface area contributed by atoms with E-state index in [4.69, 9.17) is 0 Å². The molecule has 0 heterocycles. The minimum atomic E-state index is -0.487. The second-order valence-corrected chi connectivity index (χ2v) is 7.21. The summed E-state index contributed by atoms with van der Waals surface area (Å²) in [5.74, 6) is 0.718. The van der Waals surface area contributed by atoms with Gasteiger partial charge >= 0.3 is 0 Å². The second kappa shape index (κ2) is 13.7. The molecule has 0 aliphatic heterocycles. The third-order valence-corrected chi connectivity index (χ3v) is 4.79. The Morgan fingerprint density at radius 1 is 0.923 bits per heavy atom. The number of para-hydroxylation sites is 1. The molecule has 1 rings (SSSR count). The van der Waals surface area contributed by atoms with Crippen LogP contribution in [-0.4, -0.2) is 23.6 Å². The Kier molecular flexibility index (Phi) is 11.9. The molecular weight excluding hydrogens is 344 g/mol. The fourth-order valence-electron chi connectivity index (χ4n) is 3.05. The maximum Gasteiger partial charge on any atom is 0.246 e. The Hall–Kier alpha value is -1.49. The van der Waals surface area contributed by atoms with Crippen LogP contribution in [0.3, 0.4) is 0 Å². The summed E-state index contributed by atoms with van der Waals surface area (Å²) in [7, 11) is 0. The molecule has 0 spiro atoms. The van der Waals surface area contributed by atoms with Crippen molar-refractivity contribution >= 4 is 30.1 Å². The number of hydrogen-bond donors (Lipinski definition) is 3. The van der Waals surface area contributed by atoms with Gasteiger partial charge < -0.3 is 10.6 Å². The summed E-state index contributed by atoms with van der Waals surface area (Å²) >= 11 is 4.23. The summed E-state index contributed by atoms with van der Waals surface area (Å²) in [4.78, 5) is 25.4. The van der Waals surface area contributed by atoms with Gasteiger partial charge in [0.05, 0.1) is 0 Å². The van der Waals surface area contributed by atoms with Crippen LogP contribution in [0.15, 0.2) is 30.3 Å². The van der Waals surface area contributed by atoms with Crippen molar-refractivity contribution in [3.05, 3.63) is 30.3 Å². The van der Waals surface area contributed by atoms with Crippen molar-refractivity contribution in [3.8, 4) is 0 Å². The first-order valence-electron chi connectivity index (χ1n) is 9.89. The van der Waals surface area contributed by atoms with Crippen molar-refractivity contribution in [3.63, 3.8) is 0 Å². The van der Waals surface area contributed by atoms with E-state index in [1.807, 2.05) is 30.3 Å². The molecule has 0 aliphatic carbocycles. The number of anilines is 1. The largest absolute Gasteiger partial charge is 0.344 e. The Bertz CT molecular complexity index is 516. The quantitative estimate of drug-likeness (QED) is 0.340. The van der Waals surface area contributed by atoms with Crippen LogP contribution in [0.2, 0.25) is 0 Å². The number of carbonyl (C=O) groups is 2. The standard InChI is InChI=1S/C21H34N2O2S/c1-3-11-17(12-4-2)20(24)23-19(15-9-6-10-16-26)21(25)22-18-13-7-5-8-14-18/h5,7-8,13-14,17,19,26H,3-4,6,9-12,15-16H2,1-2H3,(H,22,25)(H,23,24)/t19-/m0/s1. The average Bonchev–Trinajstić information content (AvgIpc) is 2.64. The maximum atomic E-state index is 12.7. The van der Waals surface area contributed by atoms with Crippen molar-refractivity contribution < 1.29 is 9.59 Å². The maximum absolute atomic E-state index is 12.7. The van der Waals surface area contributed by atoms with E-state index in [2.05, 4.69) is 37.1 Å². The molecule has 1 aromatic carbocycles. The molecule has 1 atom stereocenters. The lowest BCUT2D eigenvalue weighted by Crippen LogP contribution is -2.46. The number of unbranched alkanes of at least 4 members (excludes halogenated alkanes) is 2. The first-order chi connectivity index (χ1) is 12.6. The molecule has 0 aromatic heterocycles. The molecule has 0 radical (unpaired) electrons. The molecule has 0 saturated heterocycles. The highest BCUT2D eigenvalue weighted by Gasteiger charge is 2.24. The van der Waals surface area contributed by atoms with Gasteiger partial charge in [-0.05, 0) is 43.6 Å². The topological polar surface area (TPSA) is 58.2 Å². The number of carbonyl (C=O) groups excluding carboxylic acids is 2. The third kappa shape index (κ3) is 8.75. The van der Waals surface area contributed by atoms with Gasteiger partial charge in [-0.15, -0.1) is 0 Å². The number of thiol groups is 1. The summed E-state index contributed by atoms with van der Waals surface area (Å²) in [6, 6.07) is 8.90. The zero-order valence-electron chi connectivity index (χ0n) is 16.2. The second-order valence-electron chi connectivity index (χ2n) is 6.76. The lowest BCUT2D eigenvalue weighted by molar-refractivity contribution is -0.129. The van der Waals surface area contributed by atoms with Gasteiger partial charge in [0.2, 0.25) is 11.8 Å². The van der Waals surface area contributed by atoms with Crippen LogP contribution in [0, 0.1) is 5.92 Å². The first-order valence-corrected chi connectivity index (χ1v) is 10.5. The number of nitrogens with one attached hydrogen (secondary N) is 2. The molecule has 0 fully saturated rings. The molecule has 146 valence electrons. The Morgan fingerprint density at radius 3 is 2.15 bits per heavy atom. The van der Waals surface area contributed by atoms with Crippen LogP contribution >= 0.6 is 12.6 Å². The molecule has 1 aromatic rings. The molecule has 2 amide bonds. The SMILES string of the molecule is CCCC(CCC)C(=O)N[C@@H](CCCCCS)C(=O)Nc1ccccc1. The third-order valence-electron chi connectivity index (χ3n) is 4.47. The van der Waals surface area contributed by atoms with E-state index >= 15 is 0 Å². The number of amides is 2. The predicted molar refractivity (Wildman–Crippen MR) is 113 cm³/mol. The van der Waals surface area contributed by atoms with Crippen LogP contribution in [0.4, 0.5) is 5.69 Å². The van der Waals surface area contributed by atoms with E-state index in [1.165, 1.54) is 0 Å². The van der Waals surface area contributed by atoms with Crippen molar-refractivity contribution in [2.45, 2.75) is 71.3 Å². The molecule has 2 N–H and O–H groups in total. The molecule has 0 aliphatic rings. The van der Waals surface area contributed by atoms with Gasteiger partial charge in [-0.3, -0.25) is 9.59 Å². The lowest BCUT2D eigenvalue weighted by atomic mass is 9.96. The summed E-state index contributed by atoms with van der Waals surface area (Å²) in [5, 5.41) is 5.94. The smallest absolute Gasteiger partial charge is 0.246 e. The van der Waals surface area contributed by atoms with Gasteiger partial charge in [0, 0.05) is 11.6 Å². The molecule has 26 heavy (non-hydrogen) atoms. The minimum absolute atomic E-state index is 0.00512. The number of hydrogen-bond acceptors (Lipinski definition) is 3. The van der Waals surface area contributed by atoms with E-state index in [9.17, 15) is 9.59 Å². The van der Waals surface area contributed by atoms with Crippen molar-refractivity contribution in [1.82, 2.24) is 5.32 Å². The van der Waals surface area contributed by atoms with Crippen LogP contribution in [0.1, 0.15) is 65.2 Å². The predicted octanol–water partition coefficient (Wildman–Crippen LogP) is 4.82. The van der Waals surface area contributed by atoms with Gasteiger partial charge in [0.25, 0.3) is 0 Å². The van der Waals surface area contributed by atoms with E-state index in [1.54, 1.807) is 0 Å². The molecule has 0 unspecified atom stereocenters. The van der Waals surface area contributed by atoms with Crippen LogP contribution in [0.5, 0.6) is 0 Å². The molecule has 4 nitrogen and oxygen atoms in total. The Labute approximate surface area is 163 Å². The average molecular weight is 379 g/mol. The summed E-state index contributed by atoms with van der Waals surface area (Å²) in [5.41, 5.74) is 0.755. The van der Waals surface area contributed by atoms with Gasteiger partial charge in [-0.25, -0.2) is 0 Å². The highest BCUT2D eigenvalue weighted by molar-refractivity contribution is 7.80. The van der Waals surface area contributed by atoms with Crippen LogP contribution in [0.25, 0.3) is 0 Å². The Balaban J connectivity index is 2.72. The molecule has 5 heteroatoms. The summed E-state index contributed by atoms with van der Waals surface area (Å²) < 4.78 is 0. The van der Waals surface area contributed by atoms with Gasteiger partial charge in [-0.1, -0.05) is 57.7 Å². The van der Waals surface area contributed by atoms with Crippen LogP contribution < -0.4 is 10.6 Å². The minimum Gasteiger partial charge on any atom is -0.344 e. The fourth-order valence-corrected chi connectivity index (χ4v) is 3.27. The normalized spacial score (nSPS) is 12.0. The molecule has 0 bridgehead atoms. The fraction of sp³-hybridized carbons (Fsp3) is 0.619. The van der Waals surface area contributed by atoms with E-state index in [-0.39, 0.29) is 17.7 Å². The van der Waals surface area contributed by atoms with Crippen molar-refractivity contribution in [2.75, 3.05) is 11.1 Å². The highest BCUT2D eigenvalue weighted by atomic mass is 32.1. The zero-order valence-corrected chi connectivity index (χ0v) is 17.1. The lowest BCUT2D eigenvalue weighted by Gasteiger charge is -2.22. The monoisotopic (exact) mass is 378 g/mol. The van der Waals surface area contributed by atoms with Crippen molar-refractivity contribution in [2.24, 2.45) is 5.92 Å². The van der Waals surface area contributed by atoms with E-state index < -0.39 is 6.04 Å². The molecule has 0 saturated carbocycles. The zero-order chi connectivity index (χ0) is 19.2. The van der Waals surface area contributed by atoms with Gasteiger partial charge in [-0.2, -0.15) is 12.6 Å². The first kappa shape index (κ1) is 22.6. The van der Waals surface area contributed by atoms with E-state index in [0.717, 1.165) is 56.4 Å².